The van der Waals surface area contributed by atoms with E-state index in [2.05, 4.69) is 4.98 Å². The molecule has 0 spiro atoms. The van der Waals surface area contributed by atoms with Crippen molar-refractivity contribution in [2.75, 3.05) is 11.9 Å². The highest BCUT2D eigenvalue weighted by atomic mass is 32.1. The fourth-order valence-corrected chi connectivity index (χ4v) is 2.23. The molecule has 2 rings (SSSR count). The Balaban J connectivity index is 2.11. The summed E-state index contributed by atoms with van der Waals surface area (Å²) in [7, 11) is 1.85. The Morgan fingerprint density at radius 3 is 2.82 bits per heavy atom. The number of hydrogen-bond donors (Lipinski definition) is 1. The van der Waals surface area contributed by atoms with Gasteiger partial charge in [0.2, 0.25) is 0 Å². The minimum absolute atomic E-state index is 0.00873. The van der Waals surface area contributed by atoms with E-state index in [-0.39, 0.29) is 12.4 Å². The van der Waals surface area contributed by atoms with E-state index in [1.807, 2.05) is 18.0 Å². The highest BCUT2D eigenvalue weighted by Gasteiger charge is 2.09. The second-order valence-electron chi connectivity index (χ2n) is 3.71. The molecule has 1 aromatic heterocycles. The first-order chi connectivity index (χ1) is 8.20. The Kier molecular flexibility index (Phi) is 3.71. The number of rotatable bonds is 4. The minimum atomic E-state index is -0.210. The Morgan fingerprint density at radius 2 is 2.18 bits per heavy atom. The van der Waals surface area contributed by atoms with Crippen LogP contribution in [-0.2, 0) is 13.2 Å². The van der Waals surface area contributed by atoms with Gasteiger partial charge in [-0.2, -0.15) is 0 Å². The lowest BCUT2D eigenvalue weighted by atomic mass is 10.2. The van der Waals surface area contributed by atoms with Gasteiger partial charge in [0.05, 0.1) is 11.5 Å². The van der Waals surface area contributed by atoms with Crippen LogP contribution in [0.4, 0.5) is 9.52 Å². The molecule has 1 N–H and O–H groups in total. The molecule has 0 aliphatic rings. The molecule has 90 valence electrons. The first kappa shape index (κ1) is 12.0. The van der Waals surface area contributed by atoms with Crippen molar-refractivity contribution in [2.45, 2.75) is 13.2 Å². The van der Waals surface area contributed by atoms with Gasteiger partial charge < -0.3 is 10.0 Å². The highest BCUT2D eigenvalue weighted by Crippen LogP contribution is 2.23. The quantitative estimate of drug-likeness (QED) is 0.907. The smallest absolute Gasteiger partial charge is 0.185 e. The molecule has 0 aliphatic carbocycles. The van der Waals surface area contributed by atoms with Crippen molar-refractivity contribution < 1.29 is 9.50 Å². The summed E-state index contributed by atoms with van der Waals surface area (Å²) in [6, 6.07) is 6.69. The van der Waals surface area contributed by atoms with Gasteiger partial charge >= 0.3 is 0 Å². The number of anilines is 1. The summed E-state index contributed by atoms with van der Waals surface area (Å²) >= 11 is 1.41. The van der Waals surface area contributed by atoms with E-state index in [0.29, 0.717) is 12.1 Å². The van der Waals surface area contributed by atoms with Crippen molar-refractivity contribution in [3.63, 3.8) is 0 Å². The van der Waals surface area contributed by atoms with Crippen molar-refractivity contribution in [3.05, 3.63) is 46.7 Å². The van der Waals surface area contributed by atoms with Gasteiger partial charge in [0.15, 0.2) is 5.13 Å². The third-order valence-corrected chi connectivity index (χ3v) is 3.49. The van der Waals surface area contributed by atoms with Gasteiger partial charge in [0.1, 0.15) is 5.82 Å². The van der Waals surface area contributed by atoms with Crippen LogP contribution in [0.2, 0.25) is 0 Å². The van der Waals surface area contributed by atoms with Crippen LogP contribution in [0.25, 0.3) is 0 Å². The number of halogens is 1. The lowest BCUT2D eigenvalue weighted by Crippen LogP contribution is -2.16. The molecule has 0 unspecified atom stereocenters. The summed E-state index contributed by atoms with van der Waals surface area (Å²) in [5, 5.41) is 9.73. The highest BCUT2D eigenvalue weighted by molar-refractivity contribution is 7.15. The van der Waals surface area contributed by atoms with Gasteiger partial charge in [-0.15, -0.1) is 0 Å². The van der Waals surface area contributed by atoms with E-state index < -0.39 is 0 Å². The first-order valence-corrected chi connectivity index (χ1v) is 6.02. The van der Waals surface area contributed by atoms with E-state index in [1.165, 1.54) is 17.4 Å². The first-order valence-electron chi connectivity index (χ1n) is 5.21. The van der Waals surface area contributed by atoms with Gasteiger partial charge in [-0.3, -0.25) is 0 Å². The van der Waals surface area contributed by atoms with E-state index in [4.69, 9.17) is 5.11 Å². The summed E-state index contributed by atoms with van der Waals surface area (Å²) < 4.78 is 13.5. The molecule has 1 aromatic carbocycles. The van der Waals surface area contributed by atoms with Gasteiger partial charge in [0, 0.05) is 25.4 Å². The second-order valence-corrected chi connectivity index (χ2v) is 4.81. The van der Waals surface area contributed by atoms with Crippen LogP contribution in [0.3, 0.4) is 0 Å². The zero-order valence-electron chi connectivity index (χ0n) is 9.43. The lowest BCUT2D eigenvalue weighted by molar-refractivity contribution is 0.285. The zero-order chi connectivity index (χ0) is 12.3. The predicted molar refractivity (Wildman–Crippen MR) is 66.5 cm³/mol. The van der Waals surface area contributed by atoms with Crippen molar-refractivity contribution in [1.82, 2.24) is 4.98 Å². The largest absolute Gasteiger partial charge is 0.391 e. The summed E-state index contributed by atoms with van der Waals surface area (Å²) in [6.45, 7) is 0.455. The molecular weight excluding hydrogens is 239 g/mol. The number of benzene rings is 1. The second kappa shape index (κ2) is 5.25. The SMILES string of the molecule is CN(Cc1ccccc1F)c1ncc(CO)s1. The molecule has 0 atom stereocenters. The topological polar surface area (TPSA) is 36.4 Å². The van der Waals surface area contributed by atoms with Crippen LogP contribution >= 0.6 is 11.3 Å². The molecule has 0 saturated heterocycles. The van der Waals surface area contributed by atoms with Crippen LogP contribution in [0, 0.1) is 5.82 Å². The molecule has 5 heteroatoms. The summed E-state index contributed by atoms with van der Waals surface area (Å²) in [6.07, 6.45) is 1.64. The minimum Gasteiger partial charge on any atom is -0.391 e. The Hall–Kier alpha value is -1.46. The number of aromatic nitrogens is 1. The number of nitrogens with zero attached hydrogens (tertiary/aromatic N) is 2. The fraction of sp³-hybridized carbons (Fsp3) is 0.250. The molecule has 0 amide bonds. The standard InChI is InChI=1S/C12H13FN2OS/c1-15(12-14-6-10(8-16)17-12)7-9-4-2-3-5-11(9)13/h2-6,16H,7-8H2,1H3. The maximum absolute atomic E-state index is 13.5. The molecule has 0 radical (unpaired) electrons. The summed E-state index contributed by atoms with van der Waals surface area (Å²) in [5.41, 5.74) is 0.635. The predicted octanol–water partition coefficient (Wildman–Crippen LogP) is 2.41. The molecule has 0 bridgehead atoms. The third-order valence-electron chi connectivity index (χ3n) is 2.39. The van der Waals surface area contributed by atoms with Crippen molar-refractivity contribution in [2.24, 2.45) is 0 Å². The normalized spacial score (nSPS) is 10.5. The van der Waals surface area contributed by atoms with Crippen molar-refractivity contribution >= 4 is 16.5 Å². The molecule has 0 saturated carbocycles. The summed E-state index contributed by atoms with van der Waals surface area (Å²) in [5.74, 6) is -0.210. The Labute approximate surface area is 103 Å². The molecule has 3 nitrogen and oxygen atoms in total. The van der Waals surface area contributed by atoms with Gasteiger partial charge in [-0.05, 0) is 6.07 Å². The van der Waals surface area contributed by atoms with Crippen LogP contribution < -0.4 is 4.90 Å². The molecule has 0 aliphatic heterocycles. The lowest BCUT2D eigenvalue weighted by Gasteiger charge is -2.15. The monoisotopic (exact) mass is 252 g/mol. The fourth-order valence-electron chi connectivity index (χ4n) is 1.50. The van der Waals surface area contributed by atoms with Crippen molar-refractivity contribution in [3.8, 4) is 0 Å². The van der Waals surface area contributed by atoms with E-state index >= 15 is 0 Å². The molecule has 1 heterocycles. The van der Waals surface area contributed by atoms with Gasteiger partial charge in [-0.25, -0.2) is 9.37 Å². The van der Waals surface area contributed by atoms with E-state index in [0.717, 1.165) is 10.0 Å². The Morgan fingerprint density at radius 1 is 1.41 bits per heavy atom. The average Bonchev–Trinajstić information content (AvgIpc) is 2.81. The summed E-state index contributed by atoms with van der Waals surface area (Å²) in [4.78, 5) is 6.84. The van der Waals surface area contributed by atoms with Crippen LogP contribution in [0.15, 0.2) is 30.5 Å². The number of aliphatic hydroxyl groups excluding tert-OH is 1. The maximum atomic E-state index is 13.5. The molecule has 17 heavy (non-hydrogen) atoms. The van der Waals surface area contributed by atoms with E-state index in [1.54, 1.807) is 18.3 Å². The molecular formula is C12H13FN2OS. The van der Waals surface area contributed by atoms with Gasteiger partial charge in [0.25, 0.3) is 0 Å². The maximum Gasteiger partial charge on any atom is 0.185 e. The van der Waals surface area contributed by atoms with Gasteiger partial charge in [-0.1, -0.05) is 29.5 Å². The zero-order valence-corrected chi connectivity index (χ0v) is 10.2. The number of thiazole rings is 1. The molecule has 2 aromatic rings. The Bertz CT molecular complexity index is 501. The average molecular weight is 252 g/mol. The van der Waals surface area contributed by atoms with Crippen molar-refractivity contribution in [1.29, 1.82) is 0 Å². The third kappa shape index (κ3) is 2.81. The van der Waals surface area contributed by atoms with E-state index in [9.17, 15) is 4.39 Å². The number of aliphatic hydroxyl groups is 1. The van der Waals surface area contributed by atoms with Crippen LogP contribution in [-0.4, -0.2) is 17.1 Å². The number of hydrogen-bond acceptors (Lipinski definition) is 4. The van der Waals surface area contributed by atoms with Crippen LogP contribution in [0.1, 0.15) is 10.4 Å². The van der Waals surface area contributed by atoms with Crippen LogP contribution in [0.5, 0.6) is 0 Å². The molecule has 0 fully saturated rings.